The Bertz CT molecular complexity index is 944. The lowest BCUT2D eigenvalue weighted by atomic mass is 9.91. The summed E-state index contributed by atoms with van der Waals surface area (Å²) in [6, 6.07) is 10.8. The summed E-state index contributed by atoms with van der Waals surface area (Å²) in [6.07, 6.45) is 2.23. The molecular formula is C21H21N3O3S. The number of hydrogen-bond donors (Lipinski definition) is 1. The first kappa shape index (κ1) is 18.8. The van der Waals surface area contributed by atoms with Crippen LogP contribution >= 0.6 is 12.2 Å². The van der Waals surface area contributed by atoms with Gasteiger partial charge in [0.15, 0.2) is 0 Å². The molecular weight excluding hydrogens is 374 g/mol. The minimum absolute atomic E-state index is 0.0542. The number of fused-ring (bicyclic) bond motifs is 1. The molecule has 4 rings (SSSR count). The number of hydrogen-bond acceptors (Lipinski definition) is 6. The minimum Gasteiger partial charge on any atom is -0.461 e. The second kappa shape index (κ2) is 7.82. The molecule has 2 fully saturated rings. The number of thiocarbonyl (C=S) groups is 1. The zero-order valence-electron chi connectivity index (χ0n) is 15.4. The highest BCUT2D eigenvalue weighted by Gasteiger charge is 2.44. The molecule has 7 heteroatoms. The number of rotatable bonds is 5. The average molecular weight is 395 g/mol. The van der Waals surface area contributed by atoms with Gasteiger partial charge in [0.05, 0.1) is 12.0 Å². The fourth-order valence-electron chi connectivity index (χ4n) is 4.12. The summed E-state index contributed by atoms with van der Waals surface area (Å²) in [6.45, 7) is 0.930. The first-order chi connectivity index (χ1) is 13.6. The maximum absolute atomic E-state index is 13.0. The molecule has 1 aromatic heterocycles. The van der Waals surface area contributed by atoms with Crippen LogP contribution in [0.1, 0.15) is 25.0 Å². The van der Waals surface area contributed by atoms with Gasteiger partial charge in [0.1, 0.15) is 29.2 Å². The van der Waals surface area contributed by atoms with E-state index in [9.17, 15) is 14.9 Å². The van der Waals surface area contributed by atoms with Crippen molar-refractivity contribution in [3.63, 3.8) is 0 Å². The Hall–Kier alpha value is -2.56. The third kappa shape index (κ3) is 3.46. The third-order valence-corrected chi connectivity index (χ3v) is 5.97. The number of amides is 1. The quantitative estimate of drug-likeness (QED) is 0.783. The van der Waals surface area contributed by atoms with Gasteiger partial charge in [0.25, 0.3) is 0 Å². The monoisotopic (exact) mass is 395 g/mol. The molecule has 2 aromatic rings. The van der Waals surface area contributed by atoms with Crippen LogP contribution in [0.15, 0.2) is 34.7 Å². The van der Waals surface area contributed by atoms with Crippen LogP contribution in [-0.2, 0) is 16.0 Å². The summed E-state index contributed by atoms with van der Waals surface area (Å²) < 4.78 is 5.78. The number of aryl methyl sites for hydroxylation is 1. The number of ketones is 1. The van der Waals surface area contributed by atoms with Gasteiger partial charge in [-0.15, -0.1) is 0 Å². The van der Waals surface area contributed by atoms with Crippen molar-refractivity contribution in [3.05, 3.63) is 36.1 Å². The fraction of sp³-hybridized carbons (Fsp3) is 0.429. The largest absolute Gasteiger partial charge is 0.461 e. The number of para-hydroxylation sites is 1. The average Bonchev–Trinajstić information content (AvgIpc) is 3.42. The number of carbonyl (C=O) groups excluding carboxylic acids is 2. The number of carbonyl (C=O) groups is 2. The molecule has 1 aromatic carbocycles. The molecule has 0 spiro atoms. The van der Waals surface area contributed by atoms with Crippen molar-refractivity contribution >= 4 is 39.7 Å². The van der Waals surface area contributed by atoms with Gasteiger partial charge in [0.2, 0.25) is 5.91 Å². The van der Waals surface area contributed by atoms with Gasteiger partial charge in [0, 0.05) is 36.2 Å². The fourth-order valence-corrected chi connectivity index (χ4v) is 4.48. The zero-order valence-corrected chi connectivity index (χ0v) is 16.2. The molecule has 144 valence electrons. The Kier molecular flexibility index (Phi) is 5.25. The van der Waals surface area contributed by atoms with Crippen LogP contribution in [0.25, 0.3) is 11.0 Å². The van der Waals surface area contributed by atoms with Crippen molar-refractivity contribution in [2.45, 2.75) is 37.8 Å². The van der Waals surface area contributed by atoms with E-state index in [-0.39, 0.29) is 18.1 Å². The first-order valence-corrected chi connectivity index (χ1v) is 9.95. The molecule has 2 saturated heterocycles. The van der Waals surface area contributed by atoms with Gasteiger partial charge < -0.3 is 14.6 Å². The van der Waals surface area contributed by atoms with E-state index in [4.69, 9.17) is 16.6 Å². The van der Waals surface area contributed by atoms with Gasteiger partial charge in [-0.1, -0.05) is 30.4 Å². The minimum atomic E-state index is -0.662. The number of likely N-dealkylation sites (tertiary alicyclic amines) is 1. The standard InChI is InChI=1S/C21H21N3O3S/c22-11-14-5-3-9-24(14)21(26)20-19(18(28)12-23-20)16(25)8-7-15-10-13-4-1-2-6-17(13)27-15/h1-2,4,6,10,14,19-20,23H,3,5,7-9,12H2/t14-,19?,20-/m0/s1. The molecule has 6 nitrogen and oxygen atoms in total. The molecule has 0 aliphatic carbocycles. The topological polar surface area (TPSA) is 86.3 Å². The number of benzene rings is 1. The second-order valence-electron chi connectivity index (χ2n) is 7.34. The van der Waals surface area contributed by atoms with Gasteiger partial charge in [-0.3, -0.25) is 9.59 Å². The van der Waals surface area contributed by atoms with E-state index in [0.717, 1.165) is 23.2 Å². The van der Waals surface area contributed by atoms with Crippen LogP contribution in [-0.4, -0.2) is 46.6 Å². The summed E-state index contributed by atoms with van der Waals surface area (Å²) in [5.74, 6) is -0.113. The highest BCUT2D eigenvalue weighted by atomic mass is 32.1. The zero-order chi connectivity index (χ0) is 19.7. The molecule has 0 bridgehead atoms. The second-order valence-corrected chi connectivity index (χ2v) is 7.86. The first-order valence-electron chi connectivity index (χ1n) is 9.55. The Labute approximate surface area is 168 Å². The van der Waals surface area contributed by atoms with Gasteiger partial charge in [-0.25, -0.2) is 0 Å². The molecule has 1 unspecified atom stereocenters. The molecule has 3 heterocycles. The smallest absolute Gasteiger partial charge is 0.241 e. The molecule has 28 heavy (non-hydrogen) atoms. The maximum atomic E-state index is 13.0. The van der Waals surface area contributed by atoms with Crippen molar-refractivity contribution in [2.24, 2.45) is 5.92 Å². The predicted molar refractivity (Wildman–Crippen MR) is 108 cm³/mol. The van der Waals surface area contributed by atoms with Crippen LogP contribution < -0.4 is 5.32 Å². The summed E-state index contributed by atoms with van der Waals surface area (Å²) >= 11 is 5.39. The maximum Gasteiger partial charge on any atom is 0.241 e. The Balaban J connectivity index is 1.44. The lowest BCUT2D eigenvalue weighted by Crippen LogP contribution is -2.49. The van der Waals surface area contributed by atoms with Crippen molar-refractivity contribution in [3.8, 4) is 6.07 Å². The van der Waals surface area contributed by atoms with Gasteiger partial charge in [-0.2, -0.15) is 5.26 Å². The van der Waals surface area contributed by atoms with Crippen molar-refractivity contribution in [2.75, 3.05) is 13.1 Å². The SMILES string of the molecule is N#C[C@@H]1CCCN1C(=O)[C@H]1NCC(=S)C1C(=O)CCc1cc2ccccc2o1. The predicted octanol–water partition coefficient (Wildman–Crippen LogP) is 2.41. The van der Waals surface area contributed by atoms with E-state index in [1.807, 2.05) is 30.3 Å². The van der Waals surface area contributed by atoms with Crippen LogP contribution in [0.2, 0.25) is 0 Å². The van der Waals surface area contributed by atoms with Crippen molar-refractivity contribution < 1.29 is 14.0 Å². The number of nitrogens with one attached hydrogen (secondary N) is 1. The van der Waals surface area contributed by atoms with Crippen molar-refractivity contribution in [1.29, 1.82) is 5.26 Å². The number of Topliss-reactive ketones (excluding diaryl/α,β-unsaturated/α-hetero) is 1. The molecule has 0 saturated carbocycles. The summed E-state index contributed by atoms with van der Waals surface area (Å²) in [4.78, 5) is 28.0. The van der Waals surface area contributed by atoms with E-state index in [2.05, 4.69) is 11.4 Å². The lowest BCUT2D eigenvalue weighted by molar-refractivity contribution is -0.136. The van der Waals surface area contributed by atoms with Crippen LogP contribution in [0, 0.1) is 17.2 Å². The van der Waals surface area contributed by atoms with Gasteiger partial charge >= 0.3 is 0 Å². The molecule has 2 aliphatic heterocycles. The van der Waals surface area contributed by atoms with Gasteiger partial charge in [-0.05, 0) is 25.0 Å². The number of nitriles is 1. The normalized spacial score (nSPS) is 24.6. The van der Waals surface area contributed by atoms with E-state index in [0.29, 0.717) is 30.8 Å². The molecule has 0 radical (unpaired) electrons. The summed E-state index contributed by atoms with van der Waals surface area (Å²) in [7, 11) is 0. The Morgan fingerprint density at radius 2 is 2.18 bits per heavy atom. The number of nitrogens with zero attached hydrogens (tertiary/aromatic N) is 2. The number of furan rings is 1. The van der Waals surface area contributed by atoms with Crippen LogP contribution in [0.5, 0.6) is 0 Å². The molecule has 2 aliphatic rings. The van der Waals surface area contributed by atoms with Crippen LogP contribution in [0.3, 0.4) is 0 Å². The Morgan fingerprint density at radius 3 is 2.96 bits per heavy atom. The molecule has 1 amide bonds. The highest BCUT2D eigenvalue weighted by molar-refractivity contribution is 7.80. The van der Waals surface area contributed by atoms with E-state index < -0.39 is 18.0 Å². The third-order valence-electron chi connectivity index (χ3n) is 5.57. The summed E-state index contributed by atoms with van der Waals surface area (Å²) in [5, 5.41) is 13.4. The van der Waals surface area contributed by atoms with Crippen LogP contribution in [0.4, 0.5) is 0 Å². The van der Waals surface area contributed by atoms with E-state index in [1.165, 1.54) is 0 Å². The molecule has 1 N–H and O–H groups in total. The lowest BCUT2D eigenvalue weighted by Gasteiger charge is -2.26. The van der Waals surface area contributed by atoms with E-state index >= 15 is 0 Å². The van der Waals surface area contributed by atoms with Crippen molar-refractivity contribution in [1.82, 2.24) is 10.2 Å². The van der Waals surface area contributed by atoms with E-state index in [1.54, 1.807) is 4.90 Å². The Morgan fingerprint density at radius 1 is 1.36 bits per heavy atom. The summed E-state index contributed by atoms with van der Waals surface area (Å²) in [5.41, 5.74) is 0.799. The highest BCUT2D eigenvalue weighted by Crippen LogP contribution is 2.25. The molecule has 3 atom stereocenters.